The molecule has 0 aromatic heterocycles. The summed E-state index contributed by atoms with van der Waals surface area (Å²) in [6.07, 6.45) is 0.760. The maximum absolute atomic E-state index is 13.9. The molecule has 2 aliphatic rings. The molecule has 2 aliphatic heterocycles. The van der Waals surface area contributed by atoms with E-state index < -0.39 is 18.0 Å². The number of carbonyl (C=O) groups is 3. The van der Waals surface area contributed by atoms with Gasteiger partial charge in [-0.05, 0) is 59.9 Å². The van der Waals surface area contributed by atoms with E-state index >= 15 is 0 Å². The van der Waals surface area contributed by atoms with Gasteiger partial charge in [-0.25, -0.2) is 9.18 Å². The molecule has 0 spiro atoms. The highest BCUT2D eigenvalue weighted by Gasteiger charge is 2.39. The van der Waals surface area contributed by atoms with E-state index in [4.69, 9.17) is 9.47 Å². The minimum atomic E-state index is -0.644. The minimum Gasteiger partial charge on any atom is -0.490 e. The Morgan fingerprint density at radius 2 is 1.63 bits per heavy atom. The van der Waals surface area contributed by atoms with Gasteiger partial charge in [0.05, 0.1) is 29.8 Å². The topological polar surface area (TPSA) is 109 Å². The molecule has 0 unspecified atom stereocenters. The van der Waals surface area contributed by atoms with Gasteiger partial charge in [0.1, 0.15) is 24.3 Å². The number of likely N-dealkylation sites (N-methyl/N-ethyl adjacent to an activating group) is 1. The van der Waals surface area contributed by atoms with Gasteiger partial charge in [-0.2, -0.15) is 0 Å². The number of halogens is 1. The Balaban J connectivity index is 1.03. The van der Waals surface area contributed by atoms with E-state index in [1.165, 1.54) is 18.2 Å². The van der Waals surface area contributed by atoms with Crippen LogP contribution in [0.2, 0.25) is 0 Å². The Bertz CT molecular complexity index is 1720. The molecule has 3 atom stereocenters. The van der Waals surface area contributed by atoms with Crippen LogP contribution in [0.25, 0.3) is 11.1 Å². The molecule has 0 saturated carbocycles. The summed E-state index contributed by atoms with van der Waals surface area (Å²) in [5.74, 6) is -0.576. The number of nitrogens with one attached hydrogen (secondary N) is 3. The van der Waals surface area contributed by atoms with Gasteiger partial charge in [0.15, 0.2) is 0 Å². The lowest BCUT2D eigenvalue weighted by molar-refractivity contribution is -0.134. The molecule has 4 aromatic rings. The van der Waals surface area contributed by atoms with E-state index in [-0.39, 0.29) is 42.7 Å². The fraction of sp³-hybridized carbons (Fsp3) is 0.250. The van der Waals surface area contributed by atoms with Crippen LogP contribution in [0.3, 0.4) is 0 Å². The van der Waals surface area contributed by atoms with Gasteiger partial charge < -0.3 is 30.3 Å². The standard InChI is InChI=1S/C36H35FN4O5/c1-41-31-17-16-27(20-34(42)38-21-23-11-13-25(14-12-23)24-7-3-2-4-8-24)46-33(31)22-45-32-18-15-26(19-28(32)35(41)43)39-36(44)40-30-10-6-5-9-29(30)37/h2-15,18-19,27,31,33H,16-17,20-22H2,1H3,(H,38,42)(H2,39,40,44)/t27-,31+,33-/m0/s1. The average Bonchev–Trinajstić information content (AvgIpc) is 3.07. The molecule has 3 N–H and O–H groups in total. The molecule has 46 heavy (non-hydrogen) atoms. The van der Waals surface area contributed by atoms with Crippen LogP contribution in [-0.2, 0) is 16.1 Å². The fourth-order valence-corrected chi connectivity index (χ4v) is 5.88. The summed E-state index contributed by atoms with van der Waals surface area (Å²) >= 11 is 0. The van der Waals surface area contributed by atoms with Crippen molar-refractivity contribution < 1.29 is 28.2 Å². The Morgan fingerprint density at radius 3 is 2.41 bits per heavy atom. The zero-order chi connectivity index (χ0) is 32.0. The number of ether oxygens (including phenoxy) is 2. The van der Waals surface area contributed by atoms with E-state index in [0.717, 1.165) is 16.7 Å². The molecule has 6 rings (SSSR count). The van der Waals surface area contributed by atoms with Gasteiger partial charge in [0.2, 0.25) is 5.91 Å². The number of para-hydroxylation sites is 1. The van der Waals surface area contributed by atoms with Crippen LogP contribution in [0, 0.1) is 5.82 Å². The first-order chi connectivity index (χ1) is 22.3. The van der Waals surface area contributed by atoms with Gasteiger partial charge in [-0.1, -0.05) is 66.7 Å². The maximum Gasteiger partial charge on any atom is 0.323 e. The molecule has 2 heterocycles. The van der Waals surface area contributed by atoms with E-state index in [9.17, 15) is 18.8 Å². The molecule has 1 fully saturated rings. The van der Waals surface area contributed by atoms with Crippen LogP contribution >= 0.6 is 0 Å². The van der Waals surface area contributed by atoms with E-state index in [1.54, 1.807) is 36.2 Å². The summed E-state index contributed by atoms with van der Waals surface area (Å²) in [5, 5.41) is 8.10. The molecule has 0 bridgehead atoms. The second kappa shape index (κ2) is 13.8. The van der Waals surface area contributed by atoms with Crippen molar-refractivity contribution in [1.29, 1.82) is 0 Å². The van der Waals surface area contributed by atoms with Crippen molar-refractivity contribution in [3.63, 3.8) is 0 Å². The number of urea groups is 1. The fourth-order valence-electron chi connectivity index (χ4n) is 5.88. The first-order valence-electron chi connectivity index (χ1n) is 15.3. The monoisotopic (exact) mass is 622 g/mol. The normalized spacial score (nSPS) is 19.0. The first-order valence-corrected chi connectivity index (χ1v) is 15.3. The van der Waals surface area contributed by atoms with Crippen LogP contribution in [0.15, 0.2) is 97.1 Å². The third-order valence-corrected chi connectivity index (χ3v) is 8.36. The maximum atomic E-state index is 13.9. The molecule has 0 aliphatic carbocycles. The van der Waals surface area contributed by atoms with Crippen LogP contribution in [0.5, 0.6) is 5.75 Å². The van der Waals surface area contributed by atoms with Crippen LogP contribution in [-0.4, -0.2) is 54.6 Å². The summed E-state index contributed by atoms with van der Waals surface area (Å²) in [6.45, 7) is 0.618. The SMILES string of the molecule is CN1C(=O)c2cc(NC(=O)Nc3ccccc3F)ccc2OC[C@@H]2O[C@H](CC(=O)NCc3ccc(-c4ccccc4)cc3)CC[C@H]21. The predicted octanol–water partition coefficient (Wildman–Crippen LogP) is 6.22. The van der Waals surface area contributed by atoms with Gasteiger partial charge in [0, 0.05) is 19.3 Å². The number of benzene rings is 4. The number of rotatable bonds is 7. The summed E-state index contributed by atoms with van der Waals surface area (Å²) in [7, 11) is 1.72. The number of amides is 4. The van der Waals surface area contributed by atoms with Crippen LogP contribution in [0.1, 0.15) is 35.2 Å². The van der Waals surface area contributed by atoms with Crippen LogP contribution < -0.4 is 20.7 Å². The molecule has 1 saturated heterocycles. The lowest BCUT2D eigenvalue weighted by Gasteiger charge is -2.42. The number of carbonyl (C=O) groups excluding carboxylic acids is 3. The third-order valence-electron chi connectivity index (χ3n) is 8.36. The largest absolute Gasteiger partial charge is 0.490 e. The Kier molecular flexibility index (Phi) is 9.25. The Hall–Kier alpha value is -5.22. The van der Waals surface area contributed by atoms with Crippen molar-refractivity contribution in [3.05, 3.63) is 114 Å². The molecule has 4 amide bonds. The number of anilines is 2. The highest BCUT2D eigenvalue weighted by molar-refractivity contribution is 6.02. The number of hydrogen-bond donors (Lipinski definition) is 3. The van der Waals surface area contributed by atoms with Crippen molar-refractivity contribution in [2.24, 2.45) is 0 Å². The first kappa shape index (κ1) is 30.8. The zero-order valence-corrected chi connectivity index (χ0v) is 25.4. The second-order valence-electron chi connectivity index (χ2n) is 11.5. The van der Waals surface area contributed by atoms with E-state index in [1.807, 2.05) is 42.5 Å². The van der Waals surface area contributed by atoms with E-state index in [2.05, 4.69) is 28.1 Å². The van der Waals surface area contributed by atoms with Crippen LogP contribution in [0.4, 0.5) is 20.6 Å². The quantitative estimate of drug-likeness (QED) is 0.227. The van der Waals surface area contributed by atoms with Gasteiger partial charge in [-0.15, -0.1) is 0 Å². The second-order valence-corrected chi connectivity index (χ2v) is 11.5. The molecular weight excluding hydrogens is 587 g/mol. The molecule has 10 heteroatoms. The summed E-state index contributed by atoms with van der Waals surface area (Å²) < 4.78 is 26.3. The zero-order valence-electron chi connectivity index (χ0n) is 25.4. The van der Waals surface area contributed by atoms with Gasteiger partial charge >= 0.3 is 6.03 Å². The number of nitrogens with zero attached hydrogens (tertiary/aromatic N) is 1. The highest BCUT2D eigenvalue weighted by Crippen LogP contribution is 2.32. The molecule has 0 radical (unpaired) electrons. The molecule has 9 nitrogen and oxygen atoms in total. The summed E-state index contributed by atoms with van der Waals surface area (Å²) in [4.78, 5) is 40.5. The molecule has 4 aromatic carbocycles. The predicted molar refractivity (Wildman–Crippen MR) is 173 cm³/mol. The summed E-state index contributed by atoms with van der Waals surface area (Å²) in [5.41, 5.74) is 3.96. The van der Waals surface area contributed by atoms with Crippen molar-refractivity contribution in [1.82, 2.24) is 10.2 Å². The van der Waals surface area contributed by atoms with Crippen molar-refractivity contribution in [3.8, 4) is 16.9 Å². The summed E-state index contributed by atoms with van der Waals surface area (Å²) in [6, 6.07) is 28.0. The lowest BCUT2D eigenvalue weighted by Crippen LogP contribution is -2.53. The smallest absolute Gasteiger partial charge is 0.323 e. The van der Waals surface area contributed by atoms with E-state index in [0.29, 0.717) is 36.4 Å². The van der Waals surface area contributed by atoms with Gasteiger partial charge in [0.25, 0.3) is 5.91 Å². The lowest BCUT2D eigenvalue weighted by atomic mass is 9.94. The van der Waals surface area contributed by atoms with Gasteiger partial charge in [-0.3, -0.25) is 9.59 Å². The number of fused-ring (bicyclic) bond motifs is 2. The molecule has 236 valence electrons. The highest BCUT2D eigenvalue weighted by atomic mass is 19.1. The number of hydrogen-bond acceptors (Lipinski definition) is 5. The van der Waals surface area contributed by atoms with Crippen molar-refractivity contribution in [2.75, 3.05) is 24.3 Å². The van der Waals surface area contributed by atoms with Crippen molar-refractivity contribution in [2.45, 2.75) is 44.1 Å². The molecular formula is C36H35FN4O5. The average molecular weight is 623 g/mol. The minimum absolute atomic E-state index is 0.0401. The Labute approximate surface area is 266 Å². The third kappa shape index (κ3) is 7.18. The van der Waals surface area contributed by atoms with Crippen molar-refractivity contribution >= 4 is 29.2 Å². The Morgan fingerprint density at radius 1 is 0.891 bits per heavy atom.